The molecular weight excluding hydrogens is 432 g/mol. The number of hydrogen-bond donors (Lipinski definition) is 3. The number of hydrogen-bond acceptors (Lipinski definition) is 4. The maximum Gasteiger partial charge on any atom is 0.407 e. The Balaban J connectivity index is 1.27. The summed E-state index contributed by atoms with van der Waals surface area (Å²) < 4.78 is 5.59. The van der Waals surface area contributed by atoms with Crippen molar-refractivity contribution in [1.29, 1.82) is 0 Å². The third-order valence-corrected chi connectivity index (χ3v) is 7.13. The first-order valence-corrected chi connectivity index (χ1v) is 12.1. The molecule has 180 valence electrons. The number of benzene rings is 2. The Labute approximate surface area is 199 Å². The van der Waals surface area contributed by atoms with E-state index in [0.29, 0.717) is 19.4 Å². The number of rotatable bonds is 9. The van der Waals surface area contributed by atoms with Gasteiger partial charge in [0, 0.05) is 24.9 Å². The normalized spacial score (nSPS) is 19.7. The van der Waals surface area contributed by atoms with Crippen LogP contribution >= 0.6 is 0 Å². The van der Waals surface area contributed by atoms with Crippen molar-refractivity contribution in [3.05, 3.63) is 59.7 Å². The molecular formula is C27H32N2O5. The van der Waals surface area contributed by atoms with Gasteiger partial charge in [0.2, 0.25) is 5.91 Å². The SMILES string of the molecule is CCC(CC(=O)NCC1CCCC1C(=O)O)NC(=O)OCC1c2ccccc2-c2ccccc21. The van der Waals surface area contributed by atoms with Crippen molar-refractivity contribution in [2.75, 3.05) is 13.2 Å². The van der Waals surface area contributed by atoms with E-state index in [-0.39, 0.29) is 42.7 Å². The molecule has 0 radical (unpaired) electrons. The van der Waals surface area contributed by atoms with Crippen LogP contribution in [-0.4, -0.2) is 42.3 Å². The monoisotopic (exact) mass is 464 g/mol. The fourth-order valence-electron chi connectivity index (χ4n) is 5.25. The minimum atomic E-state index is -0.792. The Morgan fingerprint density at radius 2 is 1.68 bits per heavy atom. The summed E-state index contributed by atoms with van der Waals surface area (Å²) in [5, 5.41) is 15.0. The summed E-state index contributed by atoms with van der Waals surface area (Å²) in [5.41, 5.74) is 4.63. The number of alkyl carbamates (subject to hydrolysis) is 1. The first-order chi connectivity index (χ1) is 16.5. The van der Waals surface area contributed by atoms with Crippen molar-refractivity contribution in [2.24, 2.45) is 11.8 Å². The van der Waals surface area contributed by atoms with E-state index in [2.05, 4.69) is 34.9 Å². The molecule has 0 bridgehead atoms. The van der Waals surface area contributed by atoms with Gasteiger partial charge in [0.05, 0.1) is 5.92 Å². The lowest BCUT2D eigenvalue weighted by atomic mass is 9.96. The first-order valence-electron chi connectivity index (χ1n) is 12.1. The molecule has 0 heterocycles. The summed E-state index contributed by atoms with van der Waals surface area (Å²) >= 11 is 0. The summed E-state index contributed by atoms with van der Waals surface area (Å²) in [6.45, 7) is 2.48. The molecule has 34 heavy (non-hydrogen) atoms. The van der Waals surface area contributed by atoms with E-state index in [1.54, 1.807) is 0 Å². The van der Waals surface area contributed by atoms with Crippen LogP contribution in [0.25, 0.3) is 11.1 Å². The molecule has 2 aliphatic rings. The fourth-order valence-corrected chi connectivity index (χ4v) is 5.25. The molecule has 3 atom stereocenters. The topological polar surface area (TPSA) is 105 Å². The molecule has 2 amide bonds. The van der Waals surface area contributed by atoms with Crippen LogP contribution in [0.4, 0.5) is 4.79 Å². The second-order valence-electron chi connectivity index (χ2n) is 9.22. The van der Waals surface area contributed by atoms with Gasteiger partial charge in [-0.1, -0.05) is 61.9 Å². The Morgan fingerprint density at radius 1 is 1.03 bits per heavy atom. The van der Waals surface area contributed by atoms with E-state index >= 15 is 0 Å². The summed E-state index contributed by atoms with van der Waals surface area (Å²) in [6, 6.07) is 16.0. The molecule has 7 heteroatoms. The lowest BCUT2D eigenvalue weighted by Crippen LogP contribution is -2.41. The molecule has 1 saturated carbocycles. The maximum atomic E-state index is 12.5. The predicted molar refractivity (Wildman–Crippen MR) is 128 cm³/mol. The third kappa shape index (κ3) is 5.24. The molecule has 2 aromatic carbocycles. The number of nitrogens with one attached hydrogen (secondary N) is 2. The van der Waals surface area contributed by atoms with Crippen LogP contribution in [0.15, 0.2) is 48.5 Å². The van der Waals surface area contributed by atoms with E-state index in [1.807, 2.05) is 31.2 Å². The minimum Gasteiger partial charge on any atom is -0.481 e. The second-order valence-corrected chi connectivity index (χ2v) is 9.22. The summed E-state index contributed by atoms with van der Waals surface area (Å²) in [4.78, 5) is 36.3. The number of carboxylic acid groups (broad SMARTS) is 1. The molecule has 3 unspecified atom stereocenters. The Kier molecular flexibility index (Phi) is 7.50. The summed E-state index contributed by atoms with van der Waals surface area (Å²) in [5.74, 6) is -1.42. The number of carboxylic acids is 1. The summed E-state index contributed by atoms with van der Waals surface area (Å²) in [6.07, 6.45) is 2.52. The smallest absolute Gasteiger partial charge is 0.407 e. The van der Waals surface area contributed by atoms with E-state index in [1.165, 1.54) is 11.1 Å². The Bertz CT molecular complexity index is 1010. The largest absolute Gasteiger partial charge is 0.481 e. The zero-order valence-electron chi connectivity index (χ0n) is 19.5. The zero-order chi connectivity index (χ0) is 24.1. The first kappa shape index (κ1) is 23.8. The quantitative estimate of drug-likeness (QED) is 0.513. The third-order valence-electron chi connectivity index (χ3n) is 7.13. The molecule has 1 fully saturated rings. The highest BCUT2D eigenvalue weighted by Crippen LogP contribution is 2.44. The number of carbonyl (C=O) groups excluding carboxylic acids is 2. The molecule has 7 nitrogen and oxygen atoms in total. The molecule has 2 aliphatic carbocycles. The average molecular weight is 465 g/mol. The van der Waals surface area contributed by atoms with Crippen LogP contribution in [0.3, 0.4) is 0 Å². The zero-order valence-corrected chi connectivity index (χ0v) is 19.5. The van der Waals surface area contributed by atoms with Crippen LogP contribution in [0.2, 0.25) is 0 Å². The number of fused-ring (bicyclic) bond motifs is 3. The van der Waals surface area contributed by atoms with Gasteiger partial charge in [0.15, 0.2) is 0 Å². The van der Waals surface area contributed by atoms with E-state index < -0.39 is 12.1 Å². The number of ether oxygens (including phenoxy) is 1. The highest BCUT2D eigenvalue weighted by atomic mass is 16.5. The lowest BCUT2D eigenvalue weighted by Gasteiger charge is -2.20. The molecule has 0 spiro atoms. The van der Waals surface area contributed by atoms with Gasteiger partial charge in [-0.2, -0.15) is 0 Å². The molecule has 0 saturated heterocycles. The van der Waals surface area contributed by atoms with Crippen LogP contribution in [0.5, 0.6) is 0 Å². The van der Waals surface area contributed by atoms with Gasteiger partial charge in [-0.3, -0.25) is 9.59 Å². The lowest BCUT2D eigenvalue weighted by molar-refractivity contribution is -0.143. The van der Waals surface area contributed by atoms with Gasteiger partial charge >= 0.3 is 12.1 Å². The van der Waals surface area contributed by atoms with Crippen molar-refractivity contribution in [1.82, 2.24) is 10.6 Å². The van der Waals surface area contributed by atoms with Crippen molar-refractivity contribution in [3.63, 3.8) is 0 Å². The predicted octanol–water partition coefficient (Wildman–Crippen LogP) is 4.31. The second kappa shape index (κ2) is 10.7. The van der Waals surface area contributed by atoms with Crippen molar-refractivity contribution < 1.29 is 24.2 Å². The highest BCUT2D eigenvalue weighted by molar-refractivity contribution is 5.79. The van der Waals surface area contributed by atoms with Gasteiger partial charge < -0.3 is 20.5 Å². The highest BCUT2D eigenvalue weighted by Gasteiger charge is 2.33. The minimum absolute atomic E-state index is 0.0184. The molecule has 0 aromatic heterocycles. The maximum absolute atomic E-state index is 12.5. The van der Waals surface area contributed by atoms with Crippen molar-refractivity contribution >= 4 is 18.0 Å². The van der Waals surface area contributed by atoms with Gasteiger partial charge in [-0.25, -0.2) is 4.79 Å². The molecule has 4 rings (SSSR count). The standard InChI is InChI=1S/C27H32N2O5/c1-2-18(14-25(30)28-15-17-8-7-13-19(17)26(31)32)29-27(33)34-16-24-22-11-5-3-9-20(22)21-10-4-6-12-23(21)24/h3-6,9-12,17-19,24H,2,7-8,13-16H2,1H3,(H,28,30)(H,29,33)(H,31,32). The molecule has 2 aromatic rings. The van der Waals surface area contributed by atoms with Gasteiger partial charge in [0.25, 0.3) is 0 Å². The van der Waals surface area contributed by atoms with Gasteiger partial charge in [-0.15, -0.1) is 0 Å². The average Bonchev–Trinajstić information content (AvgIpc) is 3.44. The Hall–Kier alpha value is -3.35. The van der Waals surface area contributed by atoms with Crippen molar-refractivity contribution in [2.45, 2.75) is 51.0 Å². The molecule has 0 aliphatic heterocycles. The van der Waals surface area contributed by atoms with Crippen LogP contribution in [0.1, 0.15) is 56.1 Å². The van der Waals surface area contributed by atoms with Gasteiger partial charge in [-0.05, 0) is 47.4 Å². The summed E-state index contributed by atoms with van der Waals surface area (Å²) in [7, 11) is 0. The fraction of sp³-hybridized carbons (Fsp3) is 0.444. The van der Waals surface area contributed by atoms with Crippen LogP contribution < -0.4 is 10.6 Å². The number of aliphatic carboxylic acids is 1. The van der Waals surface area contributed by atoms with Crippen LogP contribution in [-0.2, 0) is 14.3 Å². The van der Waals surface area contributed by atoms with Gasteiger partial charge in [0.1, 0.15) is 6.61 Å². The van der Waals surface area contributed by atoms with Crippen LogP contribution in [0, 0.1) is 11.8 Å². The van der Waals surface area contributed by atoms with E-state index in [9.17, 15) is 19.5 Å². The molecule has 3 N–H and O–H groups in total. The van der Waals surface area contributed by atoms with E-state index in [0.717, 1.165) is 24.0 Å². The number of amides is 2. The number of carbonyl (C=O) groups is 3. The Morgan fingerprint density at radius 3 is 2.29 bits per heavy atom. The van der Waals surface area contributed by atoms with E-state index in [4.69, 9.17) is 4.74 Å². The van der Waals surface area contributed by atoms with Crippen molar-refractivity contribution in [3.8, 4) is 11.1 Å².